The zero-order valence-corrected chi connectivity index (χ0v) is 15.0. The van der Waals surface area contributed by atoms with Crippen LogP contribution < -0.4 is 0 Å². The largest absolute Gasteiger partial charge is 0.369 e. The number of ether oxygens (including phenoxy) is 1. The van der Waals surface area contributed by atoms with Gasteiger partial charge in [-0.05, 0) is 33.8 Å². The number of carbonyl (C=O) groups excluding carboxylic acids is 1. The second-order valence-corrected chi connectivity index (χ2v) is 6.88. The molecule has 1 amide bonds. The average molecular weight is 345 g/mol. The third kappa shape index (κ3) is 3.44. The van der Waals surface area contributed by atoms with E-state index in [0.29, 0.717) is 17.7 Å². The third-order valence-corrected chi connectivity index (χ3v) is 4.62. The minimum absolute atomic E-state index is 0.0331. The van der Waals surface area contributed by atoms with Gasteiger partial charge in [-0.15, -0.1) is 0 Å². The van der Waals surface area contributed by atoms with Gasteiger partial charge in [0.15, 0.2) is 5.69 Å². The van der Waals surface area contributed by atoms with Gasteiger partial charge in [0, 0.05) is 30.1 Å². The summed E-state index contributed by atoms with van der Waals surface area (Å²) in [6.07, 6.45) is 0.556. The summed E-state index contributed by atoms with van der Waals surface area (Å²) in [5.74, 6) is -0.488. The van der Waals surface area contributed by atoms with E-state index in [1.807, 2.05) is 27.7 Å². The number of nitrogens with zero attached hydrogens (tertiary/aromatic N) is 2. The Morgan fingerprint density at radius 1 is 1.40 bits per heavy atom. The maximum atomic E-state index is 14.0. The summed E-state index contributed by atoms with van der Waals surface area (Å²) in [4.78, 5) is 14.8. The van der Waals surface area contributed by atoms with Crippen molar-refractivity contribution in [3.05, 3.63) is 52.6 Å². The Hall–Kier alpha value is -2.21. The van der Waals surface area contributed by atoms with Crippen molar-refractivity contribution in [2.45, 2.75) is 58.9 Å². The number of fused-ring (bicyclic) bond motifs is 1. The van der Waals surface area contributed by atoms with Crippen LogP contribution in [0, 0.1) is 5.82 Å². The second-order valence-electron chi connectivity index (χ2n) is 6.88. The molecule has 0 aliphatic carbocycles. The Bertz CT molecular complexity index is 772. The number of H-pyrrole nitrogens is 1. The minimum atomic E-state index is -0.305. The fourth-order valence-corrected chi connectivity index (χ4v) is 3.29. The van der Waals surface area contributed by atoms with Crippen LogP contribution in [0.1, 0.15) is 61.1 Å². The van der Waals surface area contributed by atoms with Crippen LogP contribution in [0.4, 0.5) is 4.39 Å². The number of amides is 1. The lowest BCUT2D eigenvalue weighted by molar-refractivity contribution is -0.00703. The van der Waals surface area contributed by atoms with E-state index in [0.717, 1.165) is 11.3 Å². The number of halogens is 1. The molecular formula is C19H24FN3O2. The summed E-state index contributed by atoms with van der Waals surface area (Å²) in [7, 11) is 0. The van der Waals surface area contributed by atoms with Crippen molar-refractivity contribution < 1.29 is 13.9 Å². The number of aromatic nitrogens is 2. The molecule has 0 spiro atoms. The molecular weight excluding hydrogens is 321 g/mol. The number of hydrogen-bond acceptors (Lipinski definition) is 3. The molecule has 6 heteroatoms. The lowest BCUT2D eigenvalue weighted by Gasteiger charge is -2.28. The van der Waals surface area contributed by atoms with E-state index >= 15 is 0 Å². The van der Waals surface area contributed by atoms with Crippen LogP contribution in [-0.4, -0.2) is 33.2 Å². The standard InChI is InChI=1S/C19H24FN3O2/c1-11(2)23(10-14-7-5-6-8-16(14)20)19(24)18-15-9-12(3)25-13(4)17(15)21-22-18/h5-8,11-13H,9-10H2,1-4H3,(H,21,22)/t12-,13+/m0/s1. The van der Waals surface area contributed by atoms with E-state index in [-0.39, 0.29) is 36.5 Å². The Balaban J connectivity index is 1.91. The smallest absolute Gasteiger partial charge is 0.275 e. The fourth-order valence-electron chi connectivity index (χ4n) is 3.29. The first-order valence-corrected chi connectivity index (χ1v) is 8.65. The Morgan fingerprint density at radius 2 is 2.12 bits per heavy atom. The molecule has 0 fully saturated rings. The van der Waals surface area contributed by atoms with Gasteiger partial charge in [-0.3, -0.25) is 9.89 Å². The highest BCUT2D eigenvalue weighted by Gasteiger charge is 2.32. The second kappa shape index (κ2) is 6.96. The highest BCUT2D eigenvalue weighted by Crippen LogP contribution is 2.31. The Kier molecular flexibility index (Phi) is 4.90. The van der Waals surface area contributed by atoms with Crippen LogP contribution >= 0.6 is 0 Å². The monoisotopic (exact) mass is 345 g/mol. The summed E-state index contributed by atoms with van der Waals surface area (Å²) in [5.41, 5.74) is 2.69. The van der Waals surface area contributed by atoms with Crippen LogP contribution in [0.15, 0.2) is 24.3 Å². The lowest BCUT2D eigenvalue weighted by Crippen LogP contribution is -2.37. The van der Waals surface area contributed by atoms with Gasteiger partial charge in [0.2, 0.25) is 0 Å². The zero-order valence-electron chi connectivity index (χ0n) is 15.0. The van der Waals surface area contributed by atoms with Crippen molar-refractivity contribution in [2.24, 2.45) is 0 Å². The van der Waals surface area contributed by atoms with Crippen LogP contribution in [0.3, 0.4) is 0 Å². The predicted molar refractivity (Wildman–Crippen MR) is 92.7 cm³/mol. The number of aromatic amines is 1. The molecule has 1 aromatic carbocycles. The van der Waals surface area contributed by atoms with Gasteiger partial charge in [-0.1, -0.05) is 18.2 Å². The van der Waals surface area contributed by atoms with E-state index in [2.05, 4.69) is 10.2 Å². The van der Waals surface area contributed by atoms with Crippen molar-refractivity contribution >= 4 is 5.91 Å². The molecule has 1 N–H and O–H groups in total. The van der Waals surface area contributed by atoms with Gasteiger partial charge in [0.1, 0.15) is 5.82 Å². The molecule has 25 heavy (non-hydrogen) atoms. The Morgan fingerprint density at radius 3 is 2.80 bits per heavy atom. The van der Waals surface area contributed by atoms with Gasteiger partial charge in [-0.25, -0.2) is 4.39 Å². The SMILES string of the molecule is CC(C)N(Cc1ccccc1F)C(=O)c1n[nH]c2c1C[C@H](C)O[C@@H]2C. The zero-order chi connectivity index (χ0) is 18.1. The summed E-state index contributed by atoms with van der Waals surface area (Å²) in [6, 6.07) is 6.46. The van der Waals surface area contributed by atoms with Crippen molar-refractivity contribution in [1.82, 2.24) is 15.1 Å². The van der Waals surface area contributed by atoms with Gasteiger partial charge in [0.05, 0.1) is 17.9 Å². The van der Waals surface area contributed by atoms with Crippen molar-refractivity contribution in [1.29, 1.82) is 0 Å². The maximum Gasteiger partial charge on any atom is 0.275 e. The van der Waals surface area contributed by atoms with Gasteiger partial charge < -0.3 is 9.64 Å². The maximum absolute atomic E-state index is 14.0. The molecule has 0 unspecified atom stereocenters. The summed E-state index contributed by atoms with van der Waals surface area (Å²) < 4.78 is 19.8. The van der Waals surface area contributed by atoms with Gasteiger partial charge in [0.25, 0.3) is 5.91 Å². The number of nitrogens with one attached hydrogen (secondary N) is 1. The van der Waals surface area contributed by atoms with Crippen molar-refractivity contribution in [3.63, 3.8) is 0 Å². The molecule has 1 aliphatic rings. The Labute approximate surface area is 147 Å². The minimum Gasteiger partial charge on any atom is -0.369 e. The van der Waals surface area contributed by atoms with E-state index in [1.165, 1.54) is 6.07 Å². The molecule has 5 nitrogen and oxygen atoms in total. The highest BCUT2D eigenvalue weighted by atomic mass is 19.1. The molecule has 2 aromatic rings. The molecule has 3 rings (SSSR count). The average Bonchev–Trinajstić information content (AvgIpc) is 2.97. The van der Waals surface area contributed by atoms with Gasteiger partial charge >= 0.3 is 0 Å². The summed E-state index contributed by atoms with van der Waals surface area (Å²) in [6.45, 7) is 7.99. The normalized spacial score (nSPS) is 19.8. The first-order chi connectivity index (χ1) is 11.9. The topological polar surface area (TPSA) is 58.2 Å². The van der Waals surface area contributed by atoms with E-state index in [9.17, 15) is 9.18 Å². The van der Waals surface area contributed by atoms with Gasteiger partial charge in [-0.2, -0.15) is 5.10 Å². The molecule has 0 saturated heterocycles. The number of hydrogen-bond donors (Lipinski definition) is 1. The lowest BCUT2D eigenvalue weighted by atomic mass is 9.99. The van der Waals surface area contributed by atoms with E-state index < -0.39 is 0 Å². The van der Waals surface area contributed by atoms with Crippen molar-refractivity contribution in [2.75, 3.05) is 0 Å². The molecule has 2 atom stereocenters. The fraction of sp³-hybridized carbons (Fsp3) is 0.474. The van der Waals surface area contributed by atoms with Crippen LogP contribution in [0.5, 0.6) is 0 Å². The van der Waals surface area contributed by atoms with Crippen LogP contribution in [-0.2, 0) is 17.7 Å². The molecule has 1 aliphatic heterocycles. The van der Waals surface area contributed by atoms with Crippen LogP contribution in [0.2, 0.25) is 0 Å². The van der Waals surface area contributed by atoms with Crippen molar-refractivity contribution in [3.8, 4) is 0 Å². The number of rotatable bonds is 4. The molecule has 1 aromatic heterocycles. The molecule has 0 bridgehead atoms. The summed E-state index contributed by atoms with van der Waals surface area (Å²) in [5, 5.41) is 7.21. The molecule has 0 radical (unpaired) electrons. The van der Waals surface area contributed by atoms with E-state index in [1.54, 1.807) is 23.1 Å². The van der Waals surface area contributed by atoms with E-state index in [4.69, 9.17) is 4.74 Å². The third-order valence-electron chi connectivity index (χ3n) is 4.62. The molecule has 134 valence electrons. The first kappa shape index (κ1) is 17.6. The quantitative estimate of drug-likeness (QED) is 0.921. The van der Waals surface area contributed by atoms with Crippen LogP contribution in [0.25, 0.3) is 0 Å². The molecule has 0 saturated carbocycles. The number of benzene rings is 1. The number of carbonyl (C=O) groups is 1. The highest BCUT2D eigenvalue weighted by molar-refractivity contribution is 5.94. The predicted octanol–water partition coefficient (Wildman–Crippen LogP) is 3.62. The molecule has 2 heterocycles. The first-order valence-electron chi connectivity index (χ1n) is 8.65. The summed E-state index contributed by atoms with van der Waals surface area (Å²) >= 11 is 0.